The molecule has 7 heteroatoms. The molecule has 0 unspecified atom stereocenters. The quantitative estimate of drug-likeness (QED) is 0.623. The predicted molar refractivity (Wildman–Crippen MR) is 116 cm³/mol. The first-order valence-electron chi connectivity index (χ1n) is 10.1. The molecule has 0 atom stereocenters. The Bertz CT molecular complexity index is 812. The lowest BCUT2D eigenvalue weighted by atomic mass is 10.1. The van der Waals surface area contributed by atoms with Crippen LogP contribution in [0.5, 0.6) is 28.7 Å². The van der Waals surface area contributed by atoms with Crippen LogP contribution in [-0.4, -0.2) is 71.5 Å². The summed E-state index contributed by atoms with van der Waals surface area (Å²) >= 11 is 0. The second-order valence-corrected chi connectivity index (χ2v) is 7.29. The summed E-state index contributed by atoms with van der Waals surface area (Å²) < 4.78 is 27.2. The Labute approximate surface area is 179 Å². The third-order valence-electron chi connectivity index (χ3n) is 5.46. The molecule has 0 bridgehead atoms. The van der Waals surface area contributed by atoms with Gasteiger partial charge in [-0.1, -0.05) is 0 Å². The third-order valence-corrected chi connectivity index (χ3v) is 5.46. The number of piperazine rings is 1. The highest BCUT2D eigenvalue weighted by atomic mass is 16.5. The molecule has 0 spiro atoms. The number of hydrogen-bond acceptors (Lipinski definition) is 7. The van der Waals surface area contributed by atoms with Gasteiger partial charge in [-0.25, -0.2) is 0 Å². The number of ether oxygens (including phenoxy) is 5. The summed E-state index contributed by atoms with van der Waals surface area (Å²) in [5.41, 5.74) is 2.29. The van der Waals surface area contributed by atoms with Gasteiger partial charge in [0.2, 0.25) is 0 Å². The molecule has 1 aliphatic rings. The summed E-state index contributed by atoms with van der Waals surface area (Å²) in [5, 5.41) is 0. The lowest BCUT2D eigenvalue weighted by Crippen LogP contribution is -2.45. The molecular weight excluding hydrogens is 384 g/mol. The van der Waals surface area contributed by atoms with E-state index in [4.69, 9.17) is 23.7 Å². The van der Waals surface area contributed by atoms with Crippen molar-refractivity contribution in [1.29, 1.82) is 0 Å². The minimum atomic E-state index is 0.677. The largest absolute Gasteiger partial charge is 0.497 e. The Kier molecular flexibility index (Phi) is 7.65. The minimum Gasteiger partial charge on any atom is -0.497 e. The van der Waals surface area contributed by atoms with Crippen molar-refractivity contribution in [3.05, 3.63) is 41.5 Å². The molecule has 164 valence electrons. The van der Waals surface area contributed by atoms with Crippen LogP contribution in [0.25, 0.3) is 0 Å². The van der Waals surface area contributed by atoms with Crippen molar-refractivity contribution < 1.29 is 23.7 Å². The van der Waals surface area contributed by atoms with Crippen LogP contribution in [0.4, 0.5) is 0 Å². The van der Waals surface area contributed by atoms with Crippen molar-refractivity contribution >= 4 is 0 Å². The SMILES string of the molecule is COc1cc(CN2CCN(Cc3cc(OC)c(OC)cc3OC)CC2)cc(OC)c1. The van der Waals surface area contributed by atoms with Crippen LogP contribution in [-0.2, 0) is 13.1 Å². The predicted octanol–water partition coefficient (Wildman–Crippen LogP) is 3.05. The highest BCUT2D eigenvalue weighted by molar-refractivity contribution is 5.50. The van der Waals surface area contributed by atoms with E-state index in [9.17, 15) is 0 Å². The first-order chi connectivity index (χ1) is 14.6. The van der Waals surface area contributed by atoms with E-state index in [0.717, 1.165) is 67.8 Å². The molecule has 0 aliphatic carbocycles. The van der Waals surface area contributed by atoms with E-state index in [1.807, 2.05) is 18.2 Å². The van der Waals surface area contributed by atoms with E-state index in [-0.39, 0.29) is 0 Å². The Morgan fingerprint density at radius 1 is 0.567 bits per heavy atom. The van der Waals surface area contributed by atoms with E-state index >= 15 is 0 Å². The normalized spacial score (nSPS) is 15.0. The zero-order valence-corrected chi connectivity index (χ0v) is 18.6. The Morgan fingerprint density at radius 3 is 1.57 bits per heavy atom. The summed E-state index contributed by atoms with van der Waals surface area (Å²) in [5.74, 6) is 3.86. The molecular formula is C23H32N2O5. The summed E-state index contributed by atoms with van der Waals surface area (Å²) in [6.07, 6.45) is 0. The minimum absolute atomic E-state index is 0.677. The van der Waals surface area contributed by atoms with Crippen molar-refractivity contribution in [2.75, 3.05) is 61.7 Å². The Balaban J connectivity index is 1.61. The van der Waals surface area contributed by atoms with Gasteiger partial charge in [0.25, 0.3) is 0 Å². The van der Waals surface area contributed by atoms with Gasteiger partial charge >= 0.3 is 0 Å². The molecule has 2 aromatic rings. The van der Waals surface area contributed by atoms with Crippen LogP contribution in [0.1, 0.15) is 11.1 Å². The maximum Gasteiger partial charge on any atom is 0.164 e. The van der Waals surface area contributed by atoms with E-state index in [0.29, 0.717) is 5.75 Å². The highest BCUT2D eigenvalue weighted by Gasteiger charge is 2.20. The van der Waals surface area contributed by atoms with Gasteiger partial charge in [-0.3, -0.25) is 9.80 Å². The van der Waals surface area contributed by atoms with Crippen molar-refractivity contribution in [3.8, 4) is 28.7 Å². The molecule has 30 heavy (non-hydrogen) atoms. The fraction of sp³-hybridized carbons (Fsp3) is 0.478. The average Bonchev–Trinajstić information content (AvgIpc) is 2.79. The maximum atomic E-state index is 5.58. The monoisotopic (exact) mass is 416 g/mol. The van der Waals surface area contributed by atoms with Crippen LogP contribution in [0, 0.1) is 0 Å². The molecule has 1 fully saturated rings. The fourth-order valence-electron chi connectivity index (χ4n) is 3.78. The number of nitrogens with zero attached hydrogens (tertiary/aromatic N) is 2. The van der Waals surface area contributed by atoms with E-state index in [2.05, 4.69) is 21.9 Å². The molecule has 1 saturated heterocycles. The first-order valence-corrected chi connectivity index (χ1v) is 10.1. The van der Waals surface area contributed by atoms with Crippen molar-refractivity contribution in [2.24, 2.45) is 0 Å². The molecule has 0 radical (unpaired) electrons. The maximum absolute atomic E-state index is 5.58. The van der Waals surface area contributed by atoms with E-state index < -0.39 is 0 Å². The Hall–Kier alpha value is -2.64. The molecule has 0 saturated carbocycles. The van der Waals surface area contributed by atoms with Gasteiger partial charge in [-0.05, 0) is 23.8 Å². The lowest BCUT2D eigenvalue weighted by molar-refractivity contribution is 0.121. The third kappa shape index (κ3) is 5.29. The Morgan fingerprint density at radius 2 is 1.07 bits per heavy atom. The second-order valence-electron chi connectivity index (χ2n) is 7.29. The zero-order chi connectivity index (χ0) is 21.5. The van der Waals surface area contributed by atoms with Gasteiger partial charge in [0.1, 0.15) is 17.2 Å². The number of benzene rings is 2. The average molecular weight is 417 g/mol. The first kappa shape index (κ1) is 22.1. The molecule has 0 aromatic heterocycles. The van der Waals surface area contributed by atoms with E-state index in [1.54, 1.807) is 35.5 Å². The topological polar surface area (TPSA) is 52.6 Å². The smallest absolute Gasteiger partial charge is 0.164 e. The molecule has 0 N–H and O–H groups in total. The van der Waals surface area contributed by atoms with Crippen LogP contribution in [0.15, 0.2) is 30.3 Å². The van der Waals surface area contributed by atoms with Crippen molar-refractivity contribution in [1.82, 2.24) is 9.80 Å². The summed E-state index contributed by atoms with van der Waals surface area (Å²) in [6.45, 7) is 5.65. The summed E-state index contributed by atoms with van der Waals surface area (Å²) in [6, 6.07) is 9.94. The van der Waals surface area contributed by atoms with Crippen LogP contribution >= 0.6 is 0 Å². The molecule has 0 amide bonds. The summed E-state index contributed by atoms with van der Waals surface area (Å²) in [4.78, 5) is 4.89. The molecule has 2 aromatic carbocycles. The number of hydrogen-bond donors (Lipinski definition) is 0. The summed E-state index contributed by atoms with van der Waals surface area (Å²) in [7, 11) is 8.33. The number of rotatable bonds is 9. The lowest BCUT2D eigenvalue weighted by Gasteiger charge is -2.35. The van der Waals surface area contributed by atoms with Gasteiger partial charge in [0, 0.05) is 57.0 Å². The fourth-order valence-corrected chi connectivity index (χ4v) is 3.78. The van der Waals surface area contributed by atoms with Gasteiger partial charge in [-0.15, -0.1) is 0 Å². The van der Waals surface area contributed by atoms with Gasteiger partial charge in [0.15, 0.2) is 11.5 Å². The molecule has 3 rings (SSSR count). The van der Waals surface area contributed by atoms with Gasteiger partial charge < -0.3 is 23.7 Å². The van der Waals surface area contributed by atoms with Gasteiger partial charge in [0.05, 0.1) is 35.5 Å². The number of methoxy groups -OCH3 is 5. The van der Waals surface area contributed by atoms with Crippen LogP contribution in [0.2, 0.25) is 0 Å². The standard InChI is InChI=1S/C23H32N2O5/c1-26-19-10-17(11-20(13-19)27-2)15-24-6-8-25(9-7-24)16-18-12-22(29-4)23(30-5)14-21(18)28-3/h10-14H,6-9,15-16H2,1-5H3. The van der Waals surface area contributed by atoms with Gasteiger partial charge in [-0.2, -0.15) is 0 Å². The van der Waals surface area contributed by atoms with E-state index in [1.165, 1.54) is 5.56 Å². The highest BCUT2D eigenvalue weighted by Crippen LogP contribution is 2.35. The van der Waals surface area contributed by atoms with Crippen molar-refractivity contribution in [2.45, 2.75) is 13.1 Å². The molecule has 1 heterocycles. The molecule has 7 nitrogen and oxygen atoms in total. The molecule has 1 aliphatic heterocycles. The van der Waals surface area contributed by atoms with Crippen molar-refractivity contribution in [3.63, 3.8) is 0 Å². The zero-order valence-electron chi connectivity index (χ0n) is 18.6. The van der Waals surface area contributed by atoms with Crippen LogP contribution in [0.3, 0.4) is 0 Å². The van der Waals surface area contributed by atoms with Crippen LogP contribution < -0.4 is 23.7 Å². The second kappa shape index (κ2) is 10.4.